The van der Waals surface area contributed by atoms with Crippen LogP contribution in [-0.2, 0) is 21.7 Å². The molecule has 2 rings (SSSR count). The minimum atomic E-state index is -0.209. The molecule has 1 aromatic rings. The van der Waals surface area contributed by atoms with Gasteiger partial charge in [0.1, 0.15) is 0 Å². The van der Waals surface area contributed by atoms with Crippen molar-refractivity contribution in [1.29, 1.82) is 0 Å². The molecule has 0 amide bonds. The molecule has 22 heavy (non-hydrogen) atoms. The molecule has 0 nitrogen and oxygen atoms in total. The molecule has 1 aromatic carbocycles. The van der Waals surface area contributed by atoms with E-state index in [2.05, 4.69) is 56.4 Å². The predicted octanol–water partition coefficient (Wildman–Crippen LogP) is -5.23. The van der Waals surface area contributed by atoms with Crippen molar-refractivity contribution in [2.75, 3.05) is 0 Å². The summed E-state index contributed by atoms with van der Waals surface area (Å²) in [5.41, 5.74) is 1.43. The summed E-state index contributed by atoms with van der Waals surface area (Å²) in [4.78, 5) is 0. The van der Waals surface area contributed by atoms with Crippen molar-refractivity contribution >= 4 is 14.7 Å². The van der Waals surface area contributed by atoms with Gasteiger partial charge in [0.2, 0.25) is 0 Å². The number of aryl methyl sites for hydroxylation is 1. The fourth-order valence-electron chi connectivity index (χ4n) is 2.98. The Kier molecular flexibility index (Phi) is 17.5. The fraction of sp³-hybridized carbons (Fsp3) is 0.471. The second-order valence-electron chi connectivity index (χ2n) is 5.78. The topological polar surface area (TPSA) is 0 Å². The van der Waals surface area contributed by atoms with Crippen LogP contribution >= 0.6 is 0 Å². The van der Waals surface area contributed by atoms with E-state index in [1.807, 2.05) is 0 Å². The van der Waals surface area contributed by atoms with Gasteiger partial charge in [-0.1, -0.05) is 57.4 Å². The van der Waals surface area contributed by atoms with Crippen molar-refractivity contribution in [1.82, 2.24) is 0 Å². The van der Waals surface area contributed by atoms with Crippen LogP contribution in [0.15, 0.2) is 42.5 Å². The Balaban J connectivity index is -0.000000902. The Morgan fingerprint density at radius 2 is 1.91 bits per heavy atom. The van der Waals surface area contributed by atoms with Crippen LogP contribution in [0, 0.1) is 6.92 Å². The number of hydrogen-bond acceptors (Lipinski definition) is 0. The van der Waals surface area contributed by atoms with Gasteiger partial charge in [0.25, 0.3) is 0 Å². The molecule has 0 aliphatic heterocycles. The van der Waals surface area contributed by atoms with Crippen LogP contribution in [0.2, 0.25) is 5.04 Å². The van der Waals surface area contributed by atoms with E-state index in [0.29, 0.717) is 5.04 Å². The van der Waals surface area contributed by atoms with Gasteiger partial charge in [-0.25, -0.2) is 11.6 Å². The first-order valence-electron chi connectivity index (χ1n) is 7.31. The maximum atomic E-state index is 2.51. The van der Waals surface area contributed by atoms with Gasteiger partial charge in [-0.15, -0.1) is 0 Å². The van der Waals surface area contributed by atoms with Gasteiger partial charge in [0, 0.05) is 9.52 Å². The molecule has 0 spiro atoms. The van der Waals surface area contributed by atoms with Crippen LogP contribution in [0.3, 0.4) is 0 Å². The zero-order chi connectivity index (χ0) is 12.8. The number of halogens is 3. The molecule has 0 bridgehead atoms. The number of rotatable bonds is 6. The van der Waals surface area contributed by atoms with Gasteiger partial charge in [-0.3, -0.25) is 0 Å². The van der Waals surface area contributed by atoms with E-state index in [9.17, 15) is 0 Å². The van der Waals surface area contributed by atoms with E-state index in [-0.39, 0.29) is 68.5 Å². The molecule has 0 heterocycles. The van der Waals surface area contributed by atoms with Crippen molar-refractivity contribution < 1.29 is 58.9 Å². The van der Waals surface area contributed by atoms with E-state index in [1.165, 1.54) is 37.7 Å². The Labute approximate surface area is 171 Å². The molecule has 0 aromatic heterocycles. The Morgan fingerprint density at radius 3 is 2.41 bits per heavy atom. The molecule has 0 fully saturated rings. The van der Waals surface area contributed by atoms with Crippen molar-refractivity contribution in [3.63, 3.8) is 0 Å². The van der Waals surface area contributed by atoms with Gasteiger partial charge in [-0.05, 0) is 17.9 Å². The van der Waals surface area contributed by atoms with Gasteiger partial charge >= 0.3 is 21.7 Å². The molecular formula is C17H25Cl3SiTi. The average Bonchev–Trinajstić information content (AvgIpc) is 2.76. The summed E-state index contributed by atoms with van der Waals surface area (Å²) < 4.78 is 0. The predicted molar refractivity (Wildman–Crippen MR) is 84.7 cm³/mol. The number of hydrogen-bond donors (Lipinski definition) is 0. The zero-order valence-corrected chi connectivity index (χ0v) is 18.7. The van der Waals surface area contributed by atoms with Gasteiger partial charge < -0.3 is 37.2 Å². The van der Waals surface area contributed by atoms with Crippen LogP contribution in [0.5, 0.6) is 0 Å². The van der Waals surface area contributed by atoms with Crippen LogP contribution in [0.25, 0.3) is 0 Å². The summed E-state index contributed by atoms with van der Waals surface area (Å²) in [5.74, 6) is 0. The van der Waals surface area contributed by atoms with Crippen molar-refractivity contribution in [3.8, 4) is 0 Å². The fourth-order valence-corrected chi connectivity index (χ4v) is 5.45. The summed E-state index contributed by atoms with van der Waals surface area (Å²) >= 11 is 0. The molecule has 0 saturated carbocycles. The van der Waals surface area contributed by atoms with Gasteiger partial charge in [0.15, 0.2) is 0 Å². The summed E-state index contributed by atoms with van der Waals surface area (Å²) in [5, 5.41) is 2.16. The third-order valence-corrected chi connectivity index (χ3v) is 6.46. The van der Waals surface area contributed by atoms with E-state index >= 15 is 0 Å². The maximum absolute atomic E-state index is 2.51. The molecule has 0 radical (unpaired) electrons. The van der Waals surface area contributed by atoms with E-state index in [0.717, 1.165) is 0 Å². The molecule has 0 N–H and O–H groups in total. The molecular weight excluding hydrogens is 386 g/mol. The maximum Gasteiger partial charge on any atom is 4.00 e. The van der Waals surface area contributed by atoms with Crippen molar-refractivity contribution in [2.24, 2.45) is 0 Å². The second kappa shape index (κ2) is 14.0. The van der Waals surface area contributed by atoms with Crippen LogP contribution in [0.1, 0.15) is 44.6 Å². The Hall–Kier alpha value is 0.631. The van der Waals surface area contributed by atoms with E-state index in [4.69, 9.17) is 0 Å². The number of allylic oxidation sites excluding steroid dienone is 4. The standard InChI is InChI=1S/C17H25Si.3ClH.Ti/c1-3-4-6-11-17(12-7-5-8-13-17)18-16-10-9-15(2)14-16;;;;/h5,7-10,12,14H,3-4,6,11,13,18H2,1-2H3;3*1H;/q-1;;;;+4/p-3. The molecule has 122 valence electrons. The normalized spacial score (nSPS) is 19.0. The molecule has 1 aliphatic carbocycles. The summed E-state index contributed by atoms with van der Waals surface area (Å²) in [6.07, 6.45) is 16.1. The zero-order valence-electron chi connectivity index (χ0n) is 13.4. The molecule has 1 aliphatic rings. The number of unbranched alkanes of at least 4 members (excludes halogenated alkanes) is 2. The Bertz CT molecular complexity index is 443. The molecule has 1 atom stereocenters. The minimum Gasteiger partial charge on any atom is -1.00 e. The first kappa shape index (κ1) is 27.5. The van der Waals surface area contributed by atoms with Crippen molar-refractivity contribution in [3.05, 3.63) is 48.1 Å². The smallest absolute Gasteiger partial charge is 1.00 e. The first-order valence-corrected chi connectivity index (χ1v) is 8.72. The minimum absolute atomic E-state index is 0. The monoisotopic (exact) mass is 410 g/mol. The largest absolute Gasteiger partial charge is 4.00 e. The van der Waals surface area contributed by atoms with E-state index in [1.54, 1.807) is 5.19 Å². The second-order valence-corrected chi connectivity index (χ2v) is 8.36. The van der Waals surface area contributed by atoms with Gasteiger partial charge in [-0.2, -0.15) is 17.3 Å². The summed E-state index contributed by atoms with van der Waals surface area (Å²) in [6.45, 7) is 4.50. The van der Waals surface area contributed by atoms with Crippen molar-refractivity contribution in [2.45, 2.75) is 51.0 Å². The third kappa shape index (κ3) is 8.47. The summed E-state index contributed by atoms with van der Waals surface area (Å²) in [6, 6.07) is 7.03. The SMILES string of the molecule is CCCCCC1([SiH2][c-]2ccc(C)c2)C=CC=CC1.[Cl-].[Cl-].[Cl-].[Ti+4]. The van der Waals surface area contributed by atoms with Gasteiger partial charge in [0.05, 0.1) is 0 Å². The molecule has 0 saturated heterocycles. The van der Waals surface area contributed by atoms with E-state index < -0.39 is 0 Å². The quantitative estimate of drug-likeness (QED) is 0.249. The van der Waals surface area contributed by atoms with Crippen LogP contribution in [0.4, 0.5) is 0 Å². The third-order valence-electron chi connectivity index (χ3n) is 4.03. The molecule has 1 unspecified atom stereocenters. The molecule has 5 heteroatoms. The van der Waals surface area contributed by atoms with Crippen LogP contribution < -0.4 is 42.4 Å². The average molecular weight is 412 g/mol. The van der Waals surface area contributed by atoms with Crippen LogP contribution in [-0.4, -0.2) is 9.52 Å². The first-order chi connectivity index (χ1) is 8.74. The summed E-state index contributed by atoms with van der Waals surface area (Å²) in [7, 11) is -0.209. The Morgan fingerprint density at radius 1 is 1.18 bits per heavy atom.